The SMILES string of the molecule is CC(C)(C)N(CC(=O)Nc1ccc(F)cc1)C(=O)CN1CCC[C@@H]1c1cccs1. The number of thiophene rings is 1. The zero-order valence-electron chi connectivity index (χ0n) is 17.2. The zero-order valence-corrected chi connectivity index (χ0v) is 18.0. The van der Waals surface area contributed by atoms with Gasteiger partial charge in [-0.3, -0.25) is 14.5 Å². The Morgan fingerprint density at radius 1 is 1.24 bits per heavy atom. The predicted octanol–water partition coefficient (Wildman–Crippen LogP) is 4.29. The number of benzene rings is 1. The van der Waals surface area contributed by atoms with E-state index >= 15 is 0 Å². The molecule has 1 saturated heterocycles. The van der Waals surface area contributed by atoms with E-state index in [0.717, 1.165) is 19.4 Å². The quantitative estimate of drug-likeness (QED) is 0.763. The van der Waals surface area contributed by atoms with Crippen LogP contribution in [0.3, 0.4) is 0 Å². The van der Waals surface area contributed by atoms with Crippen LogP contribution in [0.2, 0.25) is 0 Å². The van der Waals surface area contributed by atoms with E-state index in [4.69, 9.17) is 0 Å². The molecule has 1 aromatic heterocycles. The van der Waals surface area contributed by atoms with Crippen LogP contribution in [0.1, 0.15) is 44.5 Å². The first-order valence-corrected chi connectivity index (χ1v) is 10.8. The van der Waals surface area contributed by atoms with Gasteiger partial charge in [-0.15, -0.1) is 11.3 Å². The third-order valence-electron chi connectivity index (χ3n) is 5.11. The number of nitrogens with zero attached hydrogens (tertiary/aromatic N) is 2. The number of amides is 2. The molecule has 0 unspecified atom stereocenters. The van der Waals surface area contributed by atoms with Crippen molar-refractivity contribution >= 4 is 28.8 Å². The Hall–Kier alpha value is -2.25. The van der Waals surface area contributed by atoms with E-state index in [1.165, 1.54) is 29.1 Å². The third kappa shape index (κ3) is 5.64. The molecule has 1 aromatic carbocycles. The molecule has 0 aliphatic carbocycles. The number of carbonyl (C=O) groups is 2. The Labute approximate surface area is 175 Å². The summed E-state index contributed by atoms with van der Waals surface area (Å²) in [5.41, 5.74) is 0.0186. The number of carbonyl (C=O) groups excluding carboxylic acids is 2. The van der Waals surface area contributed by atoms with Crippen LogP contribution in [0, 0.1) is 5.82 Å². The molecule has 2 aromatic rings. The highest BCUT2D eigenvalue weighted by atomic mass is 32.1. The van der Waals surface area contributed by atoms with Crippen LogP contribution >= 0.6 is 11.3 Å². The monoisotopic (exact) mass is 417 g/mol. The summed E-state index contributed by atoms with van der Waals surface area (Å²) in [4.78, 5) is 30.8. The molecule has 2 heterocycles. The molecule has 0 radical (unpaired) electrons. The second-order valence-electron chi connectivity index (χ2n) is 8.35. The van der Waals surface area contributed by atoms with E-state index < -0.39 is 5.54 Å². The van der Waals surface area contributed by atoms with Gasteiger partial charge in [0, 0.05) is 22.1 Å². The van der Waals surface area contributed by atoms with E-state index in [2.05, 4.69) is 21.7 Å². The largest absolute Gasteiger partial charge is 0.327 e. The van der Waals surface area contributed by atoms with Crippen molar-refractivity contribution in [3.8, 4) is 0 Å². The summed E-state index contributed by atoms with van der Waals surface area (Å²) in [6, 6.07) is 10.0. The molecule has 7 heteroatoms. The first-order chi connectivity index (χ1) is 13.7. The minimum atomic E-state index is -0.491. The number of hydrogen-bond acceptors (Lipinski definition) is 4. The highest BCUT2D eigenvalue weighted by molar-refractivity contribution is 7.10. The second-order valence-corrected chi connectivity index (χ2v) is 9.33. The molecule has 29 heavy (non-hydrogen) atoms. The average molecular weight is 418 g/mol. The topological polar surface area (TPSA) is 52.7 Å². The lowest BCUT2D eigenvalue weighted by Crippen LogP contribution is -2.52. The molecule has 0 bridgehead atoms. The molecule has 0 saturated carbocycles. The fraction of sp³-hybridized carbons (Fsp3) is 0.455. The number of halogens is 1. The molecular weight excluding hydrogens is 389 g/mol. The lowest BCUT2D eigenvalue weighted by Gasteiger charge is -2.37. The maximum atomic E-state index is 13.2. The van der Waals surface area contributed by atoms with Crippen LogP contribution in [-0.2, 0) is 9.59 Å². The molecule has 1 aliphatic heterocycles. The first-order valence-electron chi connectivity index (χ1n) is 9.87. The molecule has 3 rings (SSSR count). The van der Waals surface area contributed by atoms with Crippen molar-refractivity contribution in [3.05, 3.63) is 52.5 Å². The van der Waals surface area contributed by atoms with Crippen molar-refractivity contribution in [1.29, 1.82) is 0 Å². The van der Waals surface area contributed by atoms with Crippen LogP contribution < -0.4 is 5.32 Å². The Morgan fingerprint density at radius 3 is 2.59 bits per heavy atom. The van der Waals surface area contributed by atoms with Crippen molar-refractivity contribution in [3.63, 3.8) is 0 Å². The first kappa shape index (κ1) is 21.5. The van der Waals surface area contributed by atoms with Crippen LogP contribution in [-0.4, -0.2) is 46.8 Å². The molecule has 1 aliphatic rings. The Morgan fingerprint density at radius 2 is 1.97 bits per heavy atom. The fourth-order valence-electron chi connectivity index (χ4n) is 3.65. The lowest BCUT2D eigenvalue weighted by atomic mass is 10.1. The number of nitrogens with one attached hydrogen (secondary N) is 1. The zero-order chi connectivity index (χ0) is 21.0. The molecule has 156 valence electrons. The van der Waals surface area contributed by atoms with Crippen molar-refractivity contribution in [2.75, 3.05) is 25.0 Å². The lowest BCUT2D eigenvalue weighted by molar-refractivity contribution is -0.140. The van der Waals surface area contributed by atoms with Crippen LogP contribution in [0.4, 0.5) is 10.1 Å². The Kier molecular flexibility index (Phi) is 6.70. The van der Waals surface area contributed by atoms with E-state index in [1.807, 2.05) is 26.8 Å². The standard InChI is InChI=1S/C22H28FN3O2S/c1-22(2,3)26(14-20(27)24-17-10-8-16(23)9-11-17)21(28)15-25-12-4-6-18(25)19-7-5-13-29-19/h5,7-11,13,18H,4,6,12,14-15H2,1-3H3,(H,24,27)/t18-/m1/s1. The summed E-state index contributed by atoms with van der Waals surface area (Å²) < 4.78 is 13.1. The van der Waals surface area contributed by atoms with Crippen molar-refractivity contribution in [2.24, 2.45) is 0 Å². The summed E-state index contributed by atoms with van der Waals surface area (Å²) in [5.74, 6) is -0.716. The number of hydrogen-bond donors (Lipinski definition) is 1. The molecular formula is C22H28FN3O2S. The second kappa shape index (κ2) is 9.05. The highest BCUT2D eigenvalue weighted by Gasteiger charge is 2.33. The molecule has 1 N–H and O–H groups in total. The minimum absolute atomic E-state index is 0.0444. The fourth-order valence-corrected chi connectivity index (χ4v) is 4.55. The highest BCUT2D eigenvalue weighted by Crippen LogP contribution is 2.34. The summed E-state index contributed by atoms with van der Waals surface area (Å²) in [6.45, 7) is 6.92. The Balaban J connectivity index is 1.65. The molecule has 1 atom stereocenters. The maximum Gasteiger partial charge on any atom is 0.244 e. The number of rotatable bonds is 6. The Bertz CT molecular complexity index is 831. The van der Waals surface area contributed by atoms with Gasteiger partial charge < -0.3 is 10.2 Å². The summed E-state index contributed by atoms with van der Waals surface area (Å²) in [7, 11) is 0. The maximum absolute atomic E-state index is 13.2. The number of anilines is 1. The summed E-state index contributed by atoms with van der Waals surface area (Å²) in [5, 5.41) is 4.80. The van der Waals surface area contributed by atoms with Gasteiger partial charge in [0.25, 0.3) is 0 Å². The van der Waals surface area contributed by atoms with E-state index in [1.54, 1.807) is 16.2 Å². The average Bonchev–Trinajstić information content (AvgIpc) is 3.32. The third-order valence-corrected chi connectivity index (χ3v) is 6.09. The molecule has 0 spiro atoms. The summed E-state index contributed by atoms with van der Waals surface area (Å²) >= 11 is 1.72. The van der Waals surface area contributed by atoms with Crippen LogP contribution in [0.25, 0.3) is 0 Å². The minimum Gasteiger partial charge on any atom is -0.327 e. The van der Waals surface area contributed by atoms with Gasteiger partial charge >= 0.3 is 0 Å². The van der Waals surface area contributed by atoms with Gasteiger partial charge in [-0.05, 0) is 75.9 Å². The van der Waals surface area contributed by atoms with Gasteiger partial charge in [-0.25, -0.2) is 4.39 Å². The summed E-state index contributed by atoms with van der Waals surface area (Å²) in [6.07, 6.45) is 2.12. The van der Waals surface area contributed by atoms with Crippen LogP contribution in [0.5, 0.6) is 0 Å². The van der Waals surface area contributed by atoms with Gasteiger partial charge in [0.2, 0.25) is 11.8 Å². The molecule has 5 nitrogen and oxygen atoms in total. The predicted molar refractivity (Wildman–Crippen MR) is 114 cm³/mol. The molecule has 1 fully saturated rings. The van der Waals surface area contributed by atoms with Crippen molar-refractivity contribution < 1.29 is 14.0 Å². The van der Waals surface area contributed by atoms with E-state index in [0.29, 0.717) is 12.2 Å². The smallest absolute Gasteiger partial charge is 0.244 e. The van der Waals surface area contributed by atoms with E-state index in [9.17, 15) is 14.0 Å². The van der Waals surface area contributed by atoms with Crippen LogP contribution in [0.15, 0.2) is 41.8 Å². The van der Waals surface area contributed by atoms with E-state index in [-0.39, 0.29) is 30.2 Å². The van der Waals surface area contributed by atoms with Crippen molar-refractivity contribution in [2.45, 2.75) is 45.2 Å². The molecule has 2 amide bonds. The normalized spacial score (nSPS) is 17.3. The number of likely N-dealkylation sites (tertiary alicyclic amines) is 1. The van der Waals surface area contributed by atoms with Gasteiger partial charge in [0.15, 0.2) is 0 Å². The van der Waals surface area contributed by atoms with Gasteiger partial charge in [-0.2, -0.15) is 0 Å². The van der Waals surface area contributed by atoms with Gasteiger partial charge in [-0.1, -0.05) is 6.07 Å². The van der Waals surface area contributed by atoms with Crippen molar-refractivity contribution in [1.82, 2.24) is 9.80 Å². The van der Waals surface area contributed by atoms with Gasteiger partial charge in [0.05, 0.1) is 6.54 Å². The van der Waals surface area contributed by atoms with Gasteiger partial charge in [0.1, 0.15) is 12.4 Å².